The monoisotopic (exact) mass is 335 g/mol. The number of thioether (sulfide) groups is 1. The molecule has 2 atom stereocenters. The molecule has 0 heterocycles. The number of carbonyl (C=O) groups excluding carboxylic acids is 1. The second kappa shape index (κ2) is 7.59. The van der Waals surface area contributed by atoms with Crippen LogP contribution in [0.15, 0.2) is 47.4 Å². The minimum absolute atomic E-state index is 0.188. The van der Waals surface area contributed by atoms with Gasteiger partial charge in [0.15, 0.2) is 0 Å². The quantitative estimate of drug-likeness (QED) is 0.807. The predicted molar refractivity (Wildman–Crippen MR) is 89.4 cm³/mol. The summed E-state index contributed by atoms with van der Waals surface area (Å²) in [6.07, 6.45) is 0. The molecular formula is C18H19F2NOS. The fraction of sp³-hybridized carbons (Fsp3) is 0.278. The Hall–Kier alpha value is -1.88. The highest BCUT2D eigenvalue weighted by Gasteiger charge is 2.19. The Bertz CT molecular complexity index is 688. The third-order valence-electron chi connectivity index (χ3n) is 3.49. The number of hydrogen-bond donors (Lipinski definition) is 1. The van der Waals surface area contributed by atoms with Crippen molar-refractivity contribution in [3.8, 4) is 0 Å². The third kappa shape index (κ3) is 4.79. The molecule has 0 aliphatic heterocycles. The molecule has 0 aliphatic rings. The van der Waals surface area contributed by atoms with Gasteiger partial charge in [-0.25, -0.2) is 8.78 Å². The van der Waals surface area contributed by atoms with E-state index in [0.29, 0.717) is 0 Å². The first-order valence-electron chi connectivity index (χ1n) is 7.35. The summed E-state index contributed by atoms with van der Waals surface area (Å²) in [4.78, 5) is 13.2. The summed E-state index contributed by atoms with van der Waals surface area (Å²) in [6.45, 7) is 5.48. The van der Waals surface area contributed by atoms with Gasteiger partial charge in [-0.1, -0.05) is 23.8 Å². The summed E-state index contributed by atoms with van der Waals surface area (Å²) in [7, 11) is 0. The van der Waals surface area contributed by atoms with E-state index in [4.69, 9.17) is 0 Å². The third-order valence-corrected chi connectivity index (χ3v) is 4.60. The van der Waals surface area contributed by atoms with Gasteiger partial charge in [-0.2, -0.15) is 0 Å². The first kappa shape index (κ1) is 17.5. The lowest BCUT2D eigenvalue weighted by Crippen LogP contribution is -2.33. The number of halogens is 2. The van der Waals surface area contributed by atoms with E-state index in [1.165, 1.54) is 23.9 Å². The smallest absolute Gasteiger partial charge is 0.233 e. The molecule has 2 rings (SSSR count). The van der Waals surface area contributed by atoms with Gasteiger partial charge in [0.25, 0.3) is 0 Å². The van der Waals surface area contributed by atoms with Crippen molar-refractivity contribution < 1.29 is 13.6 Å². The molecule has 1 N–H and O–H groups in total. The van der Waals surface area contributed by atoms with Crippen LogP contribution in [0, 0.1) is 18.6 Å². The van der Waals surface area contributed by atoms with Crippen molar-refractivity contribution in [2.75, 3.05) is 0 Å². The van der Waals surface area contributed by atoms with Crippen molar-refractivity contribution in [3.05, 3.63) is 65.2 Å². The fourth-order valence-electron chi connectivity index (χ4n) is 2.14. The second-order valence-corrected chi connectivity index (χ2v) is 6.88. The lowest BCUT2D eigenvalue weighted by atomic mass is 10.1. The normalized spacial score (nSPS) is 13.4. The molecule has 2 aromatic rings. The number of nitrogens with one attached hydrogen (secondary N) is 1. The highest BCUT2D eigenvalue weighted by Crippen LogP contribution is 2.25. The maximum absolute atomic E-state index is 13.7. The molecule has 122 valence electrons. The van der Waals surface area contributed by atoms with E-state index >= 15 is 0 Å². The van der Waals surface area contributed by atoms with Gasteiger partial charge in [-0.05, 0) is 39.0 Å². The average Bonchev–Trinajstić information content (AvgIpc) is 2.49. The molecule has 0 saturated carbocycles. The Kier molecular flexibility index (Phi) is 5.77. The lowest BCUT2D eigenvalue weighted by Gasteiger charge is -2.18. The molecule has 2 unspecified atom stereocenters. The topological polar surface area (TPSA) is 29.1 Å². The number of carbonyl (C=O) groups is 1. The van der Waals surface area contributed by atoms with Crippen LogP contribution in [0.1, 0.15) is 31.0 Å². The van der Waals surface area contributed by atoms with Crippen LogP contribution in [0.25, 0.3) is 0 Å². The SMILES string of the molecule is Cc1ccc(SC(C)C(=O)NC(C)c2ccc(F)cc2F)cc1. The van der Waals surface area contributed by atoms with Gasteiger partial charge in [-0.15, -0.1) is 11.8 Å². The molecule has 23 heavy (non-hydrogen) atoms. The van der Waals surface area contributed by atoms with Crippen LogP contribution in [-0.4, -0.2) is 11.2 Å². The molecule has 5 heteroatoms. The highest BCUT2D eigenvalue weighted by atomic mass is 32.2. The van der Waals surface area contributed by atoms with Crippen LogP contribution in [0.2, 0.25) is 0 Å². The van der Waals surface area contributed by atoms with Crippen molar-refractivity contribution in [2.45, 2.75) is 37.0 Å². The van der Waals surface area contributed by atoms with E-state index < -0.39 is 17.7 Å². The van der Waals surface area contributed by atoms with Gasteiger partial charge >= 0.3 is 0 Å². The Morgan fingerprint density at radius 1 is 1.09 bits per heavy atom. The van der Waals surface area contributed by atoms with E-state index in [1.54, 1.807) is 13.8 Å². The lowest BCUT2D eigenvalue weighted by molar-refractivity contribution is -0.120. The summed E-state index contributed by atoms with van der Waals surface area (Å²) in [5, 5.41) is 2.45. The van der Waals surface area contributed by atoms with Crippen molar-refractivity contribution in [2.24, 2.45) is 0 Å². The van der Waals surface area contributed by atoms with Crippen molar-refractivity contribution in [1.29, 1.82) is 0 Å². The van der Waals surface area contributed by atoms with Crippen LogP contribution >= 0.6 is 11.8 Å². The Morgan fingerprint density at radius 3 is 2.35 bits per heavy atom. The van der Waals surface area contributed by atoms with Gasteiger partial charge in [-0.3, -0.25) is 4.79 Å². The van der Waals surface area contributed by atoms with Crippen LogP contribution < -0.4 is 5.32 Å². The first-order chi connectivity index (χ1) is 10.9. The highest BCUT2D eigenvalue weighted by molar-refractivity contribution is 8.00. The van der Waals surface area contributed by atoms with Gasteiger partial charge in [0, 0.05) is 16.5 Å². The number of hydrogen-bond acceptors (Lipinski definition) is 2. The Labute approximate surface area is 139 Å². The summed E-state index contributed by atoms with van der Waals surface area (Å²) in [5.41, 5.74) is 1.43. The number of rotatable bonds is 5. The molecule has 2 nitrogen and oxygen atoms in total. The van der Waals surface area contributed by atoms with E-state index in [-0.39, 0.29) is 16.7 Å². The fourth-order valence-corrected chi connectivity index (χ4v) is 3.01. The van der Waals surface area contributed by atoms with Gasteiger partial charge in [0.2, 0.25) is 5.91 Å². The van der Waals surface area contributed by atoms with Crippen molar-refractivity contribution in [3.63, 3.8) is 0 Å². The Balaban J connectivity index is 1.98. The number of amides is 1. The van der Waals surface area contributed by atoms with Crippen LogP contribution in [0.4, 0.5) is 8.78 Å². The zero-order valence-corrected chi connectivity index (χ0v) is 14.1. The first-order valence-corrected chi connectivity index (χ1v) is 8.23. The van der Waals surface area contributed by atoms with Crippen molar-refractivity contribution in [1.82, 2.24) is 5.32 Å². The summed E-state index contributed by atoms with van der Waals surface area (Å²) < 4.78 is 26.7. The summed E-state index contributed by atoms with van der Waals surface area (Å²) in [6, 6.07) is 10.7. The molecule has 0 fully saturated rings. The van der Waals surface area contributed by atoms with E-state index in [2.05, 4.69) is 5.32 Å². The van der Waals surface area contributed by atoms with Gasteiger partial charge < -0.3 is 5.32 Å². The van der Waals surface area contributed by atoms with Gasteiger partial charge in [0.1, 0.15) is 11.6 Å². The Morgan fingerprint density at radius 2 is 1.74 bits per heavy atom. The molecule has 0 aromatic heterocycles. The van der Waals surface area contributed by atoms with Crippen molar-refractivity contribution >= 4 is 17.7 Å². The predicted octanol–water partition coefficient (Wildman–Crippen LogP) is 4.63. The van der Waals surface area contributed by atoms with E-state index in [1.807, 2.05) is 31.2 Å². The molecule has 0 radical (unpaired) electrons. The number of benzene rings is 2. The van der Waals surface area contributed by atoms with Crippen LogP contribution in [-0.2, 0) is 4.79 Å². The zero-order valence-electron chi connectivity index (χ0n) is 13.3. The maximum atomic E-state index is 13.7. The summed E-state index contributed by atoms with van der Waals surface area (Å²) >= 11 is 1.44. The van der Waals surface area contributed by atoms with Crippen LogP contribution in [0.3, 0.4) is 0 Å². The van der Waals surface area contributed by atoms with Gasteiger partial charge in [0.05, 0.1) is 11.3 Å². The minimum atomic E-state index is -0.656. The minimum Gasteiger partial charge on any atom is -0.349 e. The molecule has 0 spiro atoms. The average molecular weight is 335 g/mol. The standard InChI is InChI=1S/C18H19F2NOS/c1-11-4-7-15(8-5-11)23-13(3)18(22)21-12(2)16-9-6-14(19)10-17(16)20/h4-10,12-13H,1-3H3,(H,21,22). The number of aryl methyl sites for hydroxylation is 1. The molecule has 0 aliphatic carbocycles. The zero-order chi connectivity index (χ0) is 17.0. The summed E-state index contributed by atoms with van der Waals surface area (Å²) in [5.74, 6) is -1.48. The molecule has 1 amide bonds. The molecule has 0 saturated heterocycles. The van der Waals surface area contributed by atoms with E-state index in [9.17, 15) is 13.6 Å². The largest absolute Gasteiger partial charge is 0.349 e. The van der Waals surface area contributed by atoms with Crippen LogP contribution in [0.5, 0.6) is 0 Å². The molecule has 0 bridgehead atoms. The van der Waals surface area contributed by atoms with E-state index in [0.717, 1.165) is 16.5 Å². The molecule has 2 aromatic carbocycles. The molecular weight excluding hydrogens is 316 g/mol. The maximum Gasteiger partial charge on any atom is 0.233 e. The second-order valence-electron chi connectivity index (χ2n) is 5.47.